The van der Waals surface area contributed by atoms with Gasteiger partial charge in [0.1, 0.15) is 6.04 Å². The third-order valence-electron chi connectivity index (χ3n) is 3.39. The highest BCUT2D eigenvalue weighted by Crippen LogP contribution is 2.25. The second kappa shape index (κ2) is 5.20. The van der Waals surface area contributed by atoms with E-state index >= 15 is 0 Å². The van der Waals surface area contributed by atoms with E-state index in [9.17, 15) is 19.5 Å². The predicted molar refractivity (Wildman–Crippen MR) is 77.1 cm³/mol. The maximum Gasteiger partial charge on any atom is 0.326 e. The van der Waals surface area contributed by atoms with Gasteiger partial charge in [-0.2, -0.15) is 0 Å². The van der Waals surface area contributed by atoms with Crippen LogP contribution in [0, 0.1) is 5.41 Å². The number of anilines is 1. The van der Waals surface area contributed by atoms with E-state index in [0.29, 0.717) is 17.7 Å². The Bertz CT molecular complexity index is 617. The number of benzene rings is 1. The van der Waals surface area contributed by atoms with Crippen molar-refractivity contribution in [2.24, 2.45) is 5.41 Å². The highest BCUT2D eigenvalue weighted by atomic mass is 16.4. The molecule has 1 aliphatic rings. The largest absolute Gasteiger partial charge is 0.480 e. The molecule has 3 N–H and O–H groups in total. The third kappa shape index (κ3) is 3.21. The normalized spacial score (nSPS) is 15.1. The Morgan fingerprint density at radius 1 is 1.33 bits per heavy atom. The summed E-state index contributed by atoms with van der Waals surface area (Å²) in [5.74, 6) is -1.66. The molecule has 6 heteroatoms. The van der Waals surface area contributed by atoms with Gasteiger partial charge >= 0.3 is 5.97 Å². The Morgan fingerprint density at radius 2 is 2.00 bits per heavy atom. The molecule has 0 aromatic heterocycles. The van der Waals surface area contributed by atoms with Crippen LogP contribution in [0.2, 0.25) is 0 Å². The average Bonchev–Trinajstić information content (AvgIpc) is 2.72. The molecule has 0 bridgehead atoms. The molecule has 1 aliphatic heterocycles. The van der Waals surface area contributed by atoms with Gasteiger partial charge in [0.25, 0.3) is 5.91 Å². The summed E-state index contributed by atoms with van der Waals surface area (Å²) in [6.07, 6.45) is 0.303. The first kappa shape index (κ1) is 15.0. The number of carboxylic acids is 1. The Kier molecular flexibility index (Phi) is 3.72. The topological polar surface area (TPSA) is 95.5 Å². The van der Waals surface area contributed by atoms with Crippen LogP contribution in [0.3, 0.4) is 0 Å². The van der Waals surface area contributed by atoms with Crippen molar-refractivity contribution in [3.05, 3.63) is 29.3 Å². The first-order valence-electron chi connectivity index (χ1n) is 6.65. The molecule has 0 spiro atoms. The minimum atomic E-state index is -1.08. The van der Waals surface area contributed by atoms with Gasteiger partial charge in [-0.25, -0.2) is 4.79 Å². The van der Waals surface area contributed by atoms with Gasteiger partial charge in [-0.1, -0.05) is 26.8 Å². The van der Waals surface area contributed by atoms with Crippen LogP contribution in [0.4, 0.5) is 5.69 Å². The zero-order valence-corrected chi connectivity index (χ0v) is 12.2. The average molecular weight is 290 g/mol. The van der Waals surface area contributed by atoms with Crippen molar-refractivity contribution in [3.63, 3.8) is 0 Å². The number of rotatable bonds is 3. The highest BCUT2D eigenvalue weighted by molar-refractivity contribution is 6.02. The van der Waals surface area contributed by atoms with Crippen LogP contribution in [-0.2, 0) is 16.0 Å². The van der Waals surface area contributed by atoms with Gasteiger partial charge in [0.2, 0.25) is 5.91 Å². The number of hydrogen-bond donors (Lipinski definition) is 3. The Hall–Kier alpha value is -2.37. The Balaban J connectivity index is 2.19. The molecule has 112 valence electrons. The van der Waals surface area contributed by atoms with Crippen LogP contribution in [-0.4, -0.2) is 28.9 Å². The third-order valence-corrected chi connectivity index (χ3v) is 3.39. The fourth-order valence-corrected chi connectivity index (χ4v) is 2.22. The molecule has 1 unspecified atom stereocenters. The van der Waals surface area contributed by atoms with Crippen LogP contribution < -0.4 is 10.6 Å². The van der Waals surface area contributed by atoms with E-state index in [0.717, 1.165) is 5.56 Å². The molecule has 0 fully saturated rings. The summed E-state index contributed by atoms with van der Waals surface area (Å²) in [5, 5.41) is 14.4. The molecule has 1 atom stereocenters. The maximum atomic E-state index is 12.2. The number of amides is 2. The number of nitrogens with one attached hydrogen (secondary N) is 2. The lowest BCUT2D eigenvalue weighted by molar-refractivity contribution is -0.142. The van der Waals surface area contributed by atoms with Crippen molar-refractivity contribution in [2.75, 3.05) is 5.32 Å². The molecule has 2 rings (SSSR count). The van der Waals surface area contributed by atoms with Crippen molar-refractivity contribution in [2.45, 2.75) is 33.2 Å². The van der Waals surface area contributed by atoms with E-state index in [1.807, 2.05) is 0 Å². The molecule has 6 nitrogen and oxygen atoms in total. The summed E-state index contributed by atoms with van der Waals surface area (Å²) in [7, 11) is 0. The van der Waals surface area contributed by atoms with Crippen LogP contribution in [0.15, 0.2) is 18.2 Å². The quantitative estimate of drug-likeness (QED) is 0.784. The molecular weight excluding hydrogens is 272 g/mol. The minimum absolute atomic E-state index is 0.110. The van der Waals surface area contributed by atoms with Gasteiger partial charge in [0.15, 0.2) is 0 Å². The van der Waals surface area contributed by atoms with Crippen molar-refractivity contribution >= 4 is 23.5 Å². The van der Waals surface area contributed by atoms with Crippen molar-refractivity contribution in [1.29, 1.82) is 0 Å². The number of aliphatic carboxylic acids is 1. The lowest BCUT2D eigenvalue weighted by Crippen LogP contribution is -2.49. The zero-order chi connectivity index (χ0) is 15.8. The van der Waals surface area contributed by atoms with E-state index in [1.54, 1.807) is 39.0 Å². The SMILES string of the molecule is CC(C)(C)C(NC(=O)c1ccc2c(c1)NC(=O)C2)C(=O)O. The van der Waals surface area contributed by atoms with Gasteiger partial charge < -0.3 is 15.7 Å². The van der Waals surface area contributed by atoms with Crippen molar-refractivity contribution in [1.82, 2.24) is 5.32 Å². The molecule has 0 saturated heterocycles. The highest BCUT2D eigenvalue weighted by Gasteiger charge is 2.33. The smallest absolute Gasteiger partial charge is 0.326 e. The lowest BCUT2D eigenvalue weighted by atomic mass is 9.86. The van der Waals surface area contributed by atoms with E-state index in [1.165, 1.54) is 0 Å². The van der Waals surface area contributed by atoms with Crippen LogP contribution in [0.1, 0.15) is 36.7 Å². The van der Waals surface area contributed by atoms with Gasteiger partial charge in [-0.05, 0) is 23.1 Å². The lowest BCUT2D eigenvalue weighted by Gasteiger charge is -2.27. The fraction of sp³-hybridized carbons (Fsp3) is 0.400. The second-order valence-corrected chi connectivity index (χ2v) is 6.21. The number of carbonyl (C=O) groups excluding carboxylic acids is 2. The van der Waals surface area contributed by atoms with Crippen molar-refractivity contribution in [3.8, 4) is 0 Å². The number of hydrogen-bond acceptors (Lipinski definition) is 3. The fourth-order valence-electron chi connectivity index (χ4n) is 2.22. The maximum absolute atomic E-state index is 12.2. The van der Waals surface area contributed by atoms with Crippen molar-refractivity contribution < 1.29 is 19.5 Å². The molecular formula is C15H18N2O4. The zero-order valence-electron chi connectivity index (χ0n) is 12.2. The van der Waals surface area contributed by atoms with Gasteiger partial charge in [0.05, 0.1) is 6.42 Å². The summed E-state index contributed by atoms with van der Waals surface area (Å²) in [6.45, 7) is 5.24. The second-order valence-electron chi connectivity index (χ2n) is 6.21. The first-order chi connectivity index (χ1) is 9.68. The van der Waals surface area contributed by atoms with E-state index in [-0.39, 0.29) is 5.91 Å². The van der Waals surface area contributed by atoms with E-state index in [4.69, 9.17) is 0 Å². The Morgan fingerprint density at radius 3 is 2.57 bits per heavy atom. The molecule has 1 aromatic carbocycles. The summed E-state index contributed by atoms with van der Waals surface area (Å²) in [6, 6.07) is 3.87. The summed E-state index contributed by atoms with van der Waals surface area (Å²) >= 11 is 0. The van der Waals surface area contributed by atoms with E-state index < -0.39 is 23.3 Å². The Labute approximate surface area is 122 Å². The predicted octanol–water partition coefficient (Wildman–Crippen LogP) is 1.41. The van der Waals surface area contributed by atoms with Crippen LogP contribution >= 0.6 is 0 Å². The number of carboxylic acid groups (broad SMARTS) is 1. The molecule has 0 aliphatic carbocycles. The summed E-state index contributed by atoms with van der Waals surface area (Å²) in [4.78, 5) is 34.8. The monoisotopic (exact) mass is 290 g/mol. The van der Waals surface area contributed by atoms with Gasteiger partial charge in [-0.3, -0.25) is 9.59 Å². The first-order valence-corrected chi connectivity index (χ1v) is 6.65. The summed E-state index contributed by atoms with van der Waals surface area (Å²) < 4.78 is 0. The molecule has 1 aromatic rings. The molecule has 0 radical (unpaired) electrons. The standard InChI is InChI=1S/C15H18N2O4/c1-15(2,3)12(14(20)21)17-13(19)9-5-4-8-7-11(18)16-10(8)6-9/h4-6,12H,7H2,1-3H3,(H,16,18)(H,17,19)(H,20,21). The molecule has 21 heavy (non-hydrogen) atoms. The van der Waals surface area contributed by atoms with Crippen LogP contribution in [0.5, 0.6) is 0 Å². The molecule has 1 heterocycles. The van der Waals surface area contributed by atoms with Gasteiger partial charge in [-0.15, -0.1) is 0 Å². The van der Waals surface area contributed by atoms with Crippen LogP contribution in [0.25, 0.3) is 0 Å². The minimum Gasteiger partial charge on any atom is -0.480 e. The number of fused-ring (bicyclic) bond motifs is 1. The molecule has 2 amide bonds. The van der Waals surface area contributed by atoms with Gasteiger partial charge in [0, 0.05) is 11.3 Å². The summed E-state index contributed by atoms with van der Waals surface area (Å²) in [5.41, 5.74) is 1.16. The van der Waals surface area contributed by atoms with E-state index in [2.05, 4.69) is 10.6 Å². The molecule has 0 saturated carbocycles. The number of carbonyl (C=O) groups is 3.